The smallest absolute Gasteiger partial charge is 0.0238 e. The van der Waals surface area contributed by atoms with Gasteiger partial charge in [-0.3, -0.25) is 0 Å². The second-order valence-corrected chi connectivity index (χ2v) is 7.76. The first-order valence-corrected chi connectivity index (χ1v) is 8.84. The van der Waals surface area contributed by atoms with E-state index < -0.39 is 0 Å². The summed E-state index contributed by atoms with van der Waals surface area (Å²) in [6.07, 6.45) is 5.49. The molecule has 19 heavy (non-hydrogen) atoms. The molecule has 0 aromatic rings. The Morgan fingerprint density at radius 1 is 0.947 bits per heavy atom. The van der Waals surface area contributed by atoms with Crippen molar-refractivity contribution < 1.29 is 0 Å². The summed E-state index contributed by atoms with van der Waals surface area (Å²) < 4.78 is 0. The van der Waals surface area contributed by atoms with Crippen molar-refractivity contribution in [2.45, 2.75) is 81.1 Å². The third kappa shape index (κ3) is 3.19. The van der Waals surface area contributed by atoms with E-state index >= 15 is 0 Å². The van der Waals surface area contributed by atoms with E-state index in [0.717, 1.165) is 35.5 Å². The molecule has 0 heterocycles. The van der Waals surface area contributed by atoms with Gasteiger partial charge in [0, 0.05) is 0 Å². The highest BCUT2D eigenvalue weighted by molar-refractivity contribution is 5.09. The maximum Gasteiger partial charge on any atom is -0.0238 e. The molecule has 0 nitrogen and oxygen atoms in total. The Morgan fingerprint density at radius 2 is 1.53 bits per heavy atom. The molecule has 0 amide bonds. The van der Waals surface area contributed by atoms with Gasteiger partial charge in [0.15, 0.2) is 0 Å². The first-order valence-electron chi connectivity index (χ1n) is 8.84. The SMILES string of the molecule is CCC(C)C(CC)CC(C)C1(C)C(C)C1C(C)CC. The van der Waals surface area contributed by atoms with Gasteiger partial charge in [0.25, 0.3) is 0 Å². The van der Waals surface area contributed by atoms with E-state index in [1.54, 1.807) is 0 Å². The largest absolute Gasteiger partial charge is 0.0651 e. The second kappa shape index (κ2) is 6.64. The standard InChI is InChI=1S/C19H38/c1-9-13(4)17(11-3)12-15(6)19(8)16(7)18(19)14(5)10-2/h13-18H,9-12H2,1-8H3. The molecule has 0 bridgehead atoms. The van der Waals surface area contributed by atoms with Gasteiger partial charge in [-0.2, -0.15) is 0 Å². The van der Waals surface area contributed by atoms with Crippen molar-refractivity contribution in [3.63, 3.8) is 0 Å². The van der Waals surface area contributed by atoms with Crippen LogP contribution < -0.4 is 0 Å². The van der Waals surface area contributed by atoms with Gasteiger partial charge in [-0.1, -0.05) is 74.7 Å². The van der Waals surface area contributed by atoms with E-state index in [1.165, 1.54) is 25.7 Å². The van der Waals surface area contributed by atoms with Crippen LogP contribution in [0.15, 0.2) is 0 Å². The minimum absolute atomic E-state index is 0.621. The molecule has 0 spiro atoms. The molecular formula is C19H38. The third-order valence-corrected chi connectivity index (χ3v) is 7.08. The molecule has 7 atom stereocenters. The summed E-state index contributed by atoms with van der Waals surface area (Å²) in [6, 6.07) is 0. The fourth-order valence-electron chi connectivity index (χ4n) is 4.77. The fourth-order valence-corrected chi connectivity index (χ4v) is 4.77. The van der Waals surface area contributed by atoms with Crippen LogP contribution in [0, 0.1) is 40.9 Å². The molecule has 0 heteroatoms. The predicted octanol–water partition coefficient (Wildman–Crippen LogP) is 6.40. The van der Waals surface area contributed by atoms with Crippen LogP contribution in [0.3, 0.4) is 0 Å². The van der Waals surface area contributed by atoms with Gasteiger partial charge in [0.1, 0.15) is 0 Å². The molecule has 0 radical (unpaired) electrons. The van der Waals surface area contributed by atoms with Crippen LogP contribution in [-0.4, -0.2) is 0 Å². The van der Waals surface area contributed by atoms with Crippen LogP contribution in [0.25, 0.3) is 0 Å². The lowest BCUT2D eigenvalue weighted by molar-refractivity contribution is 0.199. The van der Waals surface area contributed by atoms with E-state index in [4.69, 9.17) is 0 Å². The number of rotatable bonds is 8. The van der Waals surface area contributed by atoms with E-state index in [9.17, 15) is 0 Å². The zero-order valence-electron chi connectivity index (χ0n) is 14.8. The summed E-state index contributed by atoms with van der Waals surface area (Å²) in [5, 5.41) is 0. The number of hydrogen-bond donors (Lipinski definition) is 0. The van der Waals surface area contributed by atoms with Crippen LogP contribution in [0.5, 0.6) is 0 Å². The second-order valence-electron chi connectivity index (χ2n) is 7.76. The van der Waals surface area contributed by atoms with E-state index in [2.05, 4.69) is 55.4 Å². The van der Waals surface area contributed by atoms with Crippen LogP contribution in [-0.2, 0) is 0 Å². The van der Waals surface area contributed by atoms with Crippen LogP contribution in [0.2, 0.25) is 0 Å². The Balaban J connectivity index is 2.65. The summed E-state index contributed by atoms with van der Waals surface area (Å²) in [5.74, 6) is 5.54. The van der Waals surface area contributed by atoms with Crippen molar-refractivity contribution in [1.82, 2.24) is 0 Å². The van der Waals surface area contributed by atoms with Crippen molar-refractivity contribution in [2.24, 2.45) is 40.9 Å². The van der Waals surface area contributed by atoms with Gasteiger partial charge in [-0.05, 0) is 47.3 Å². The molecule has 1 aliphatic rings. The van der Waals surface area contributed by atoms with E-state index in [1.807, 2.05) is 0 Å². The molecule has 1 saturated carbocycles. The number of hydrogen-bond acceptors (Lipinski definition) is 0. The van der Waals surface area contributed by atoms with Crippen molar-refractivity contribution in [3.8, 4) is 0 Å². The van der Waals surface area contributed by atoms with Crippen molar-refractivity contribution in [2.75, 3.05) is 0 Å². The van der Waals surface area contributed by atoms with E-state index in [-0.39, 0.29) is 0 Å². The normalized spacial score (nSPS) is 36.6. The average Bonchev–Trinajstić information content (AvgIpc) is 2.97. The first kappa shape index (κ1) is 17.1. The summed E-state index contributed by atoms with van der Waals surface area (Å²) in [5.41, 5.74) is 0.621. The highest BCUT2D eigenvalue weighted by atomic mass is 14.7. The first-order chi connectivity index (χ1) is 8.84. The summed E-state index contributed by atoms with van der Waals surface area (Å²) >= 11 is 0. The zero-order valence-corrected chi connectivity index (χ0v) is 14.8. The molecule has 0 aliphatic heterocycles. The van der Waals surface area contributed by atoms with Gasteiger partial charge in [0.05, 0.1) is 0 Å². The highest BCUT2D eigenvalue weighted by Gasteiger charge is 2.61. The highest BCUT2D eigenvalue weighted by Crippen LogP contribution is 2.67. The lowest BCUT2D eigenvalue weighted by Crippen LogP contribution is -2.21. The Kier molecular flexibility index (Phi) is 5.96. The Morgan fingerprint density at radius 3 is 1.95 bits per heavy atom. The molecule has 0 saturated heterocycles. The maximum absolute atomic E-state index is 2.57. The Labute approximate surface area is 122 Å². The topological polar surface area (TPSA) is 0 Å². The van der Waals surface area contributed by atoms with E-state index in [0.29, 0.717) is 5.41 Å². The summed E-state index contributed by atoms with van der Waals surface area (Å²) in [4.78, 5) is 0. The molecule has 0 aromatic heterocycles. The molecule has 114 valence electrons. The van der Waals surface area contributed by atoms with Crippen molar-refractivity contribution >= 4 is 0 Å². The minimum atomic E-state index is 0.621. The monoisotopic (exact) mass is 266 g/mol. The lowest BCUT2D eigenvalue weighted by atomic mass is 9.75. The van der Waals surface area contributed by atoms with Gasteiger partial charge in [-0.25, -0.2) is 0 Å². The lowest BCUT2D eigenvalue weighted by Gasteiger charge is -2.30. The van der Waals surface area contributed by atoms with Crippen molar-refractivity contribution in [3.05, 3.63) is 0 Å². The molecule has 0 N–H and O–H groups in total. The van der Waals surface area contributed by atoms with Crippen molar-refractivity contribution in [1.29, 1.82) is 0 Å². The Bertz CT molecular complexity index is 269. The van der Waals surface area contributed by atoms with Crippen LogP contribution in [0.1, 0.15) is 81.1 Å². The molecule has 1 aliphatic carbocycles. The zero-order chi connectivity index (χ0) is 14.8. The van der Waals surface area contributed by atoms with Gasteiger partial charge in [0.2, 0.25) is 0 Å². The quantitative estimate of drug-likeness (QED) is 0.476. The van der Waals surface area contributed by atoms with Crippen LogP contribution >= 0.6 is 0 Å². The van der Waals surface area contributed by atoms with Gasteiger partial charge in [-0.15, -0.1) is 0 Å². The van der Waals surface area contributed by atoms with Gasteiger partial charge < -0.3 is 0 Å². The van der Waals surface area contributed by atoms with Gasteiger partial charge >= 0.3 is 0 Å². The van der Waals surface area contributed by atoms with Crippen LogP contribution in [0.4, 0.5) is 0 Å². The Hall–Kier alpha value is 0. The summed E-state index contributed by atoms with van der Waals surface area (Å²) in [6.45, 7) is 19.6. The molecule has 1 fully saturated rings. The third-order valence-electron chi connectivity index (χ3n) is 7.08. The molecule has 0 aromatic carbocycles. The minimum Gasteiger partial charge on any atom is -0.0651 e. The maximum atomic E-state index is 2.57. The molecule has 7 unspecified atom stereocenters. The summed E-state index contributed by atoms with van der Waals surface area (Å²) in [7, 11) is 0. The fraction of sp³-hybridized carbons (Fsp3) is 1.00. The average molecular weight is 267 g/mol. The molecule has 1 rings (SSSR count). The predicted molar refractivity (Wildman–Crippen MR) is 87.2 cm³/mol. The molecular weight excluding hydrogens is 228 g/mol.